The van der Waals surface area contributed by atoms with Crippen LogP contribution in [0.25, 0.3) is 0 Å². The number of rotatable bonds is 2. The van der Waals surface area contributed by atoms with Crippen molar-refractivity contribution in [1.29, 1.82) is 5.26 Å². The summed E-state index contributed by atoms with van der Waals surface area (Å²) in [5, 5.41) is 8.73. The topological polar surface area (TPSA) is 71.9 Å². The van der Waals surface area contributed by atoms with Gasteiger partial charge in [-0.15, -0.1) is 0 Å². The first-order valence-corrected chi connectivity index (χ1v) is 4.68. The fraction of sp³-hybridized carbons (Fsp3) is 0. The van der Waals surface area contributed by atoms with Gasteiger partial charge in [0.1, 0.15) is 11.6 Å². The second-order valence-electron chi connectivity index (χ2n) is 3.14. The van der Waals surface area contributed by atoms with Gasteiger partial charge in [-0.2, -0.15) is 10.2 Å². The Morgan fingerprint density at radius 1 is 1.19 bits per heavy atom. The molecular formula is C12H9N3O. The predicted molar refractivity (Wildman–Crippen MR) is 59.9 cm³/mol. The number of hydrogen-bond donors (Lipinski definition) is 1. The van der Waals surface area contributed by atoms with E-state index in [4.69, 9.17) is 15.7 Å². The SMILES string of the molecule is N#Cc1cccc(Oc2cccc(N)n2)c1. The second-order valence-corrected chi connectivity index (χ2v) is 3.14. The Hall–Kier alpha value is -2.54. The molecule has 78 valence electrons. The smallest absolute Gasteiger partial charge is 0.221 e. The number of benzene rings is 1. The van der Waals surface area contributed by atoms with Crippen LogP contribution in [0.3, 0.4) is 0 Å². The maximum Gasteiger partial charge on any atom is 0.221 e. The fourth-order valence-corrected chi connectivity index (χ4v) is 1.24. The van der Waals surface area contributed by atoms with Crippen molar-refractivity contribution in [1.82, 2.24) is 4.98 Å². The minimum Gasteiger partial charge on any atom is -0.439 e. The van der Waals surface area contributed by atoms with Crippen LogP contribution in [0.2, 0.25) is 0 Å². The summed E-state index contributed by atoms with van der Waals surface area (Å²) in [6.45, 7) is 0. The third kappa shape index (κ3) is 2.28. The zero-order valence-electron chi connectivity index (χ0n) is 8.42. The zero-order chi connectivity index (χ0) is 11.4. The first-order valence-electron chi connectivity index (χ1n) is 4.68. The molecule has 4 heteroatoms. The number of hydrogen-bond acceptors (Lipinski definition) is 4. The van der Waals surface area contributed by atoms with Gasteiger partial charge in [0.15, 0.2) is 0 Å². The predicted octanol–water partition coefficient (Wildman–Crippen LogP) is 2.33. The van der Waals surface area contributed by atoms with Crippen molar-refractivity contribution in [3.8, 4) is 17.7 Å². The van der Waals surface area contributed by atoms with Crippen molar-refractivity contribution >= 4 is 5.82 Å². The van der Waals surface area contributed by atoms with Crippen molar-refractivity contribution in [3.05, 3.63) is 48.0 Å². The van der Waals surface area contributed by atoms with Crippen LogP contribution in [0.15, 0.2) is 42.5 Å². The van der Waals surface area contributed by atoms with Crippen LogP contribution in [0.1, 0.15) is 5.56 Å². The molecule has 0 bridgehead atoms. The second kappa shape index (κ2) is 4.32. The van der Waals surface area contributed by atoms with E-state index in [-0.39, 0.29) is 0 Å². The number of aromatic nitrogens is 1. The molecule has 2 N–H and O–H groups in total. The summed E-state index contributed by atoms with van der Waals surface area (Å²) in [5.74, 6) is 1.38. The Labute approximate surface area is 92.9 Å². The van der Waals surface area contributed by atoms with E-state index in [0.717, 1.165) is 0 Å². The Morgan fingerprint density at radius 3 is 2.75 bits per heavy atom. The molecule has 0 aliphatic carbocycles. The van der Waals surface area contributed by atoms with E-state index in [1.54, 1.807) is 42.5 Å². The molecule has 0 unspecified atom stereocenters. The monoisotopic (exact) mass is 211 g/mol. The molecular weight excluding hydrogens is 202 g/mol. The number of ether oxygens (including phenoxy) is 1. The number of nitriles is 1. The van der Waals surface area contributed by atoms with Crippen molar-refractivity contribution in [2.24, 2.45) is 0 Å². The lowest BCUT2D eigenvalue weighted by Gasteiger charge is -2.04. The molecule has 0 atom stereocenters. The molecule has 1 aromatic carbocycles. The molecule has 1 heterocycles. The van der Waals surface area contributed by atoms with Gasteiger partial charge in [-0.1, -0.05) is 12.1 Å². The molecule has 4 nitrogen and oxygen atoms in total. The molecule has 0 saturated heterocycles. The molecule has 2 aromatic rings. The van der Waals surface area contributed by atoms with E-state index in [9.17, 15) is 0 Å². The molecule has 0 saturated carbocycles. The summed E-state index contributed by atoms with van der Waals surface area (Å²) in [4.78, 5) is 4.00. The van der Waals surface area contributed by atoms with E-state index >= 15 is 0 Å². The van der Waals surface area contributed by atoms with E-state index in [2.05, 4.69) is 4.98 Å². The molecule has 0 aliphatic heterocycles. The van der Waals surface area contributed by atoms with Gasteiger partial charge in [-0.25, -0.2) is 0 Å². The van der Waals surface area contributed by atoms with E-state index in [1.165, 1.54) is 0 Å². The Morgan fingerprint density at radius 2 is 2.00 bits per heavy atom. The minimum atomic E-state index is 0.397. The lowest BCUT2D eigenvalue weighted by molar-refractivity contribution is 0.464. The highest BCUT2D eigenvalue weighted by Gasteiger charge is 1.99. The van der Waals surface area contributed by atoms with Crippen molar-refractivity contribution in [2.45, 2.75) is 0 Å². The first-order chi connectivity index (χ1) is 7.78. The molecule has 0 radical (unpaired) electrons. The van der Waals surface area contributed by atoms with Gasteiger partial charge in [-0.05, 0) is 24.3 Å². The maximum atomic E-state index is 8.73. The fourth-order valence-electron chi connectivity index (χ4n) is 1.24. The highest BCUT2D eigenvalue weighted by molar-refractivity contribution is 5.39. The molecule has 1 aromatic heterocycles. The van der Waals surface area contributed by atoms with E-state index in [1.807, 2.05) is 6.07 Å². The number of nitrogen functional groups attached to an aromatic ring is 1. The third-order valence-corrected chi connectivity index (χ3v) is 1.93. The molecule has 0 spiro atoms. The maximum absolute atomic E-state index is 8.73. The number of anilines is 1. The van der Waals surface area contributed by atoms with E-state index in [0.29, 0.717) is 23.0 Å². The summed E-state index contributed by atoms with van der Waals surface area (Å²) >= 11 is 0. The molecule has 0 fully saturated rings. The Balaban J connectivity index is 2.24. The summed E-state index contributed by atoms with van der Waals surface area (Å²) in [7, 11) is 0. The standard InChI is InChI=1S/C12H9N3O/c13-8-9-3-1-4-10(7-9)16-12-6-2-5-11(14)15-12/h1-7H,(H2,14,15). The van der Waals surface area contributed by atoms with Gasteiger partial charge < -0.3 is 10.5 Å². The number of nitrogens with zero attached hydrogens (tertiary/aromatic N) is 2. The molecule has 0 aliphatic rings. The molecule has 0 amide bonds. The zero-order valence-corrected chi connectivity index (χ0v) is 8.42. The quantitative estimate of drug-likeness (QED) is 0.827. The van der Waals surface area contributed by atoms with Crippen LogP contribution in [0.4, 0.5) is 5.82 Å². The summed E-state index contributed by atoms with van der Waals surface area (Å²) < 4.78 is 5.46. The van der Waals surface area contributed by atoms with Gasteiger partial charge in [0, 0.05) is 6.07 Å². The average molecular weight is 211 g/mol. The van der Waals surface area contributed by atoms with Gasteiger partial charge in [0.25, 0.3) is 0 Å². The van der Waals surface area contributed by atoms with Crippen molar-refractivity contribution in [3.63, 3.8) is 0 Å². The largest absolute Gasteiger partial charge is 0.439 e. The summed E-state index contributed by atoms with van der Waals surface area (Å²) in [6, 6.07) is 14.0. The molecule has 16 heavy (non-hydrogen) atoms. The Kier molecular flexibility index (Phi) is 2.70. The molecule has 2 rings (SSSR count). The average Bonchev–Trinajstić information content (AvgIpc) is 2.29. The van der Waals surface area contributed by atoms with Crippen molar-refractivity contribution in [2.75, 3.05) is 5.73 Å². The van der Waals surface area contributed by atoms with Crippen LogP contribution in [-0.4, -0.2) is 4.98 Å². The first kappa shape index (κ1) is 9.99. The van der Waals surface area contributed by atoms with Gasteiger partial charge in [0.05, 0.1) is 11.6 Å². The van der Waals surface area contributed by atoms with Gasteiger partial charge >= 0.3 is 0 Å². The van der Waals surface area contributed by atoms with Crippen LogP contribution >= 0.6 is 0 Å². The van der Waals surface area contributed by atoms with E-state index < -0.39 is 0 Å². The van der Waals surface area contributed by atoms with Crippen LogP contribution in [0, 0.1) is 11.3 Å². The number of pyridine rings is 1. The van der Waals surface area contributed by atoms with Crippen LogP contribution in [-0.2, 0) is 0 Å². The number of nitrogens with two attached hydrogens (primary N) is 1. The van der Waals surface area contributed by atoms with Gasteiger partial charge in [0.2, 0.25) is 5.88 Å². The van der Waals surface area contributed by atoms with Gasteiger partial charge in [-0.3, -0.25) is 0 Å². The highest BCUT2D eigenvalue weighted by Crippen LogP contribution is 2.20. The van der Waals surface area contributed by atoms with Crippen LogP contribution in [0.5, 0.6) is 11.6 Å². The lowest BCUT2D eigenvalue weighted by atomic mass is 10.2. The summed E-state index contributed by atoms with van der Waals surface area (Å²) in [5.41, 5.74) is 6.07. The van der Waals surface area contributed by atoms with Crippen LogP contribution < -0.4 is 10.5 Å². The van der Waals surface area contributed by atoms with Crippen molar-refractivity contribution < 1.29 is 4.74 Å². The Bertz CT molecular complexity index is 546. The third-order valence-electron chi connectivity index (χ3n) is 1.93. The summed E-state index contributed by atoms with van der Waals surface area (Å²) in [6.07, 6.45) is 0. The highest BCUT2D eigenvalue weighted by atomic mass is 16.5. The normalized spacial score (nSPS) is 9.44. The minimum absolute atomic E-state index is 0.397. The lowest BCUT2D eigenvalue weighted by Crippen LogP contribution is -1.92.